The molecule has 1 aliphatic heterocycles. The highest BCUT2D eigenvalue weighted by Crippen LogP contribution is 2.19. The van der Waals surface area contributed by atoms with Crippen LogP contribution in [0, 0.1) is 0 Å². The van der Waals surface area contributed by atoms with Crippen LogP contribution in [0.5, 0.6) is 0 Å². The summed E-state index contributed by atoms with van der Waals surface area (Å²) in [4.78, 5) is 1.62. The van der Waals surface area contributed by atoms with Crippen LogP contribution in [0.25, 0.3) is 0 Å². The van der Waals surface area contributed by atoms with Crippen LogP contribution in [0.2, 0.25) is 0 Å². The summed E-state index contributed by atoms with van der Waals surface area (Å²) in [6.07, 6.45) is -1.17. The van der Waals surface area contributed by atoms with Crippen molar-refractivity contribution < 1.29 is 42.2 Å². The zero-order valence-electron chi connectivity index (χ0n) is 9.23. The third kappa shape index (κ3) is 6.51. The lowest BCUT2D eigenvalue weighted by Gasteiger charge is -2.15. The van der Waals surface area contributed by atoms with E-state index in [4.69, 9.17) is 0 Å². The van der Waals surface area contributed by atoms with E-state index in [-0.39, 0.29) is 30.5 Å². The minimum Gasteiger partial charge on any atom is -1.00 e. The lowest BCUT2D eigenvalue weighted by atomic mass is 10.3. The van der Waals surface area contributed by atoms with Crippen molar-refractivity contribution in [2.45, 2.75) is 32.4 Å². The topological polar surface area (TPSA) is 20.0 Å². The molecule has 0 aromatic carbocycles. The van der Waals surface area contributed by atoms with Gasteiger partial charge in [-0.1, -0.05) is 18.4 Å². The first-order chi connectivity index (χ1) is 7.01. The smallest absolute Gasteiger partial charge is 0.390 e. The molecule has 0 aromatic heterocycles. The van der Waals surface area contributed by atoms with E-state index in [0.29, 0.717) is 6.67 Å². The Balaban J connectivity index is 0.00000225. The number of halogens is 4. The van der Waals surface area contributed by atoms with E-state index in [0.717, 1.165) is 24.4 Å². The summed E-state index contributed by atoms with van der Waals surface area (Å²) >= 11 is 0. The lowest BCUT2D eigenvalue weighted by molar-refractivity contribution is -0.908. The summed E-state index contributed by atoms with van der Waals surface area (Å²) in [5.74, 6) is 0. The first-order valence-electron chi connectivity index (χ1n) is 5.21. The molecule has 0 fully saturated rings. The molecule has 0 amide bonds. The molecule has 0 spiro atoms. The van der Waals surface area contributed by atoms with E-state index in [1.54, 1.807) is 4.90 Å². The maximum absolute atomic E-state index is 11.9. The highest BCUT2D eigenvalue weighted by atomic mass is 127. The van der Waals surface area contributed by atoms with Gasteiger partial charge in [-0.25, -0.2) is 0 Å². The van der Waals surface area contributed by atoms with Gasteiger partial charge in [0.05, 0.1) is 6.42 Å². The Morgan fingerprint density at radius 2 is 2.12 bits per heavy atom. The van der Waals surface area contributed by atoms with Crippen molar-refractivity contribution in [2.75, 3.05) is 19.8 Å². The zero-order valence-corrected chi connectivity index (χ0v) is 11.4. The van der Waals surface area contributed by atoms with Gasteiger partial charge >= 0.3 is 6.18 Å². The SMILES string of the molecule is CCCC[NH+]1CN(CCC(F)(F)F)C=N1.[I-]. The summed E-state index contributed by atoms with van der Waals surface area (Å²) in [6, 6.07) is 0. The third-order valence-electron chi connectivity index (χ3n) is 2.29. The van der Waals surface area contributed by atoms with Crippen LogP contribution in [0.15, 0.2) is 5.10 Å². The number of rotatable bonds is 5. The van der Waals surface area contributed by atoms with Crippen LogP contribution in [-0.4, -0.2) is 37.2 Å². The van der Waals surface area contributed by atoms with Gasteiger partial charge in [-0.05, 0) is 6.42 Å². The molecule has 1 unspecified atom stereocenters. The van der Waals surface area contributed by atoms with Gasteiger partial charge < -0.3 is 28.9 Å². The normalized spacial score (nSPS) is 20.0. The second kappa shape index (κ2) is 7.31. The molecule has 1 heterocycles. The summed E-state index contributed by atoms with van der Waals surface area (Å²) in [7, 11) is 0. The van der Waals surface area contributed by atoms with Crippen LogP contribution in [0.3, 0.4) is 0 Å². The molecule has 16 heavy (non-hydrogen) atoms. The van der Waals surface area contributed by atoms with Gasteiger partial charge in [0.15, 0.2) is 13.0 Å². The average Bonchev–Trinajstić information content (AvgIpc) is 2.58. The van der Waals surface area contributed by atoms with Crippen LogP contribution < -0.4 is 29.0 Å². The number of unbranched alkanes of at least 4 members (excludes halogenated alkanes) is 1. The molecule has 0 saturated heterocycles. The van der Waals surface area contributed by atoms with Crippen LogP contribution in [0.1, 0.15) is 26.2 Å². The van der Waals surface area contributed by atoms with E-state index in [9.17, 15) is 13.2 Å². The second-order valence-electron chi connectivity index (χ2n) is 3.75. The number of quaternary nitrogens is 1. The van der Waals surface area contributed by atoms with Crippen molar-refractivity contribution in [3.63, 3.8) is 0 Å². The Morgan fingerprint density at radius 1 is 1.44 bits per heavy atom. The number of alkyl halides is 3. The van der Waals surface area contributed by atoms with Crippen molar-refractivity contribution in [3.05, 3.63) is 0 Å². The monoisotopic (exact) mass is 351 g/mol. The fraction of sp³-hybridized carbons (Fsp3) is 0.889. The first kappa shape index (κ1) is 16.0. The maximum Gasteiger partial charge on any atom is 0.390 e. The Bertz CT molecular complexity index is 221. The minimum atomic E-state index is -4.07. The van der Waals surface area contributed by atoms with E-state index < -0.39 is 12.6 Å². The molecule has 0 bridgehead atoms. The van der Waals surface area contributed by atoms with Gasteiger partial charge in [-0.3, -0.25) is 0 Å². The van der Waals surface area contributed by atoms with Gasteiger partial charge in [0.25, 0.3) is 0 Å². The Morgan fingerprint density at radius 3 is 2.69 bits per heavy atom. The standard InChI is InChI=1S/C9H16F3N3.HI/c1-2-3-5-15-8-14(7-13-15)6-4-9(10,11)12;/h7H,2-6,8H2,1H3;1H. The van der Waals surface area contributed by atoms with Gasteiger partial charge in [0.1, 0.15) is 6.54 Å². The molecule has 0 aliphatic carbocycles. The van der Waals surface area contributed by atoms with Crippen molar-refractivity contribution in [1.29, 1.82) is 0 Å². The fourth-order valence-corrected chi connectivity index (χ4v) is 1.41. The number of nitrogens with zero attached hydrogens (tertiary/aromatic N) is 2. The second-order valence-corrected chi connectivity index (χ2v) is 3.75. The van der Waals surface area contributed by atoms with Gasteiger partial charge in [0, 0.05) is 6.54 Å². The van der Waals surface area contributed by atoms with Crippen LogP contribution in [0.4, 0.5) is 13.2 Å². The molecule has 96 valence electrons. The summed E-state index contributed by atoms with van der Waals surface area (Å²) in [5, 5.41) is 5.10. The summed E-state index contributed by atoms with van der Waals surface area (Å²) < 4.78 is 35.8. The molecule has 0 aromatic rings. The van der Waals surface area contributed by atoms with Crippen molar-refractivity contribution in [1.82, 2.24) is 4.90 Å². The Labute approximate surface area is 111 Å². The lowest BCUT2D eigenvalue weighted by Crippen LogP contribution is -3.07. The Kier molecular flexibility index (Phi) is 7.29. The largest absolute Gasteiger partial charge is 1.00 e. The van der Waals surface area contributed by atoms with E-state index >= 15 is 0 Å². The molecule has 0 radical (unpaired) electrons. The summed E-state index contributed by atoms with van der Waals surface area (Å²) in [5.41, 5.74) is 0. The van der Waals surface area contributed by atoms with E-state index in [1.807, 2.05) is 0 Å². The van der Waals surface area contributed by atoms with Crippen molar-refractivity contribution in [3.8, 4) is 0 Å². The highest BCUT2D eigenvalue weighted by Gasteiger charge is 2.29. The van der Waals surface area contributed by atoms with E-state index in [1.165, 1.54) is 6.34 Å². The van der Waals surface area contributed by atoms with Crippen LogP contribution in [-0.2, 0) is 0 Å². The van der Waals surface area contributed by atoms with E-state index in [2.05, 4.69) is 12.0 Å². The number of hydrogen-bond acceptors (Lipinski definition) is 2. The number of nitrogens with one attached hydrogen (secondary N) is 1. The van der Waals surface area contributed by atoms with Crippen molar-refractivity contribution in [2.24, 2.45) is 5.10 Å². The van der Waals surface area contributed by atoms with Crippen LogP contribution >= 0.6 is 0 Å². The molecule has 1 aliphatic rings. The molecule has 0 saturated carbocycles. The van der Waals surface area contributed by atoms with Gasteiger partial charge in [-0.2, -0.15) is 18.2 Å². The predicted molar refractivity (Wildman–Crippen MR) is 51.5 cm³/mol. The molecule has 1 N–H and O–H groups in total. The third-order valence-corrected chi connectivity index (χ3v) is 2.29. The predicted octanol–water partition coefficient (Wildman–Crippen LogP) is -2.16. The summed E-state index contributed by atoms with van der Waals surface area (Å²) in [6.45, 7) is 3.56. The minimum absolute atomic E-state index is 0. The Hall–Kier alpha value is -0.0500. The fourth-order valence-electron chi connectivity index (χ4n) is 1.41. The first-order valence-corrected chi connectivity index (χ1v) is 5.21. The van der Waals surface area contributed by atoms with Crippen molar-refractivity contribution >= 4 is 6.34 Å². The molecule has 7 heteroatoms. The molecule has 1 rings (SSSR count). The molecular weight excluding hydrogens is 334 g/mol. The zero-order chi connectivity index (χ0) is 11.3. The maximum atomic E-state index is 11.9. The molecular formula is C9H17F3IN3. The molecule has 1 atom stereocenters. The average molecular weight is 351 g/mol. The number of hydrogen-bond donors (Lipinski definition) is 1. The van der Waals surface area contributed by atoms with Gasteiger partial charge in [0.2, 0.25) is 0 Å². The highest BCUT2D eigenvalue weighted by molar-refractivity contribution is 5.54. The quantitative estimate of drug-likeness (QED) is 0.560. The van der Waals surface area contributed by atoms with Gasteiger partial charge in [-0.15, -0.1) is 0 Å². The molecule has 3 nitrogen and oxygen atoms in total.